The summed E-state index contributed by atoms with van der Waals surface area (Å²) in [6, 6.07) is 0. The molecule has 1 rings (SSSR count). The minimum absolute atomic E-state index is 0.213. The van der Waals surface area contributed by atoms with Crippen molar-refractivity contribution in [3.63, 3.8) is 0 Å². The van der Waals surface area contributed by atoms with E-state index in [-0.39, 0.29) is 6.42 Å². The van der Waals surface area contributed by atoms with Crippen molar-refractivity contribution in [2.45, 2.75) is 18.9 Å². The van der Waals surface area contributed by atoms with Crippen molar-refractivity contribution in [1.82, 2.24) is 5.32 Å². The van der Waals surface area contributed by atoms with Crippen LogP contribution in [0.2, 0.25) is 0 Å². The molecule has 1 amide bonds. The highest BCUT2D eigenvalue weighted by Crippen LogP contribution is 2.13. The Hall–Kier alpha value is -1.59. The van der Waals surface area contributed by atoms with Crippen molar-refractivity contribution in [3.8, 4) is 0 Å². The number of nitrogens with one attached hydrogen (secondary N) is 1. The first-order chi connectivity index (χ1) is 6.09. The lowest BCUT2D eigenvalue weighted by Gasteiger charge is -2.07. The topological polar surface area (TPSA) is 92.7 Å². The predicted octanol–water partition coefficient (Wildman–Crippen LogP) is -1.11. The summed E-state index contributed by atoms with van der Waals surface area (Å²) >= 11 is 0. The summed E-state index contributed by atoms with van der Waals surface area (Å²) in [5, 5.41) is 10.4. The number of carboxylic acid groups (broad SMARTS) is 1. The van der Waals surface area contributed by atoms with Crippen LogP contribution in [-0.4, -0.2) is 35.6 Å². The molecule has 1 aliphatic heterocycles. The fourth-order valence-corrected chi connectivity index (χ4v) is 0.987. The average Bonchev–Trinajstić information content (AvgIpc) is 2.47. The first kappa shape index (κ1) is 9.50. The maximum Gasteiger partial charge on any atom is 0.322 e. The molecule has 0 aromatic carbocycles. The largest absolute Gasteiger partial charge is 0.480 e. The molecule has 0 spiro atoms. The van der Waals surface area contributed by atoms with E-state index in [0.29, 0.717) is 6.42 Å². The van der Waals surface area contributed by atoms with Crippen LogP contribution in [0.1, 0.15) is 12.8 Å². The molecule has 0 bridgehead atoms. The Morgan fingerprint density at radius 2 is 2.31 bits per heavy atom. The second-order valence-corrected chi connectivity index (χ2v) is 2.63. The van der Waals surface area contributed by atoms with E-state index in [9.17, 15) is 14.4 Å². The SMILES string of the molecule is O=C(O)CNC(=O)[C@@H]1CCC(=O)O1. The van der Waals surface area contributed by atoms with Crippen molar-refractivity contribution < 1.29 is 24.2 Å². The standard InChI is InChI=1S/C7H9NO5/c9-5(10)3-8-7(12)4-1-2-6(11)13-4/h4H,1-3H2,(H,8,12)(H,9,10)/t4-/m0/s1. The van der Waals surface area contributed by atoms with Gasteiger partial charge in [0.05, 0.1) is 0 Å². The summed E-state index contributed by atoms with van der Waals surface area (Å²) in [4.78, 5) is 31.7. The zero-order valence-corrected chi connectivity index (χ0v) is 6.78. The first-order valence-corrected chi connectivity index (χ1v) is 3.78. The van der Waals surface area contributed by atoms with Crippen LogP contribution in [0.15, 0.2) is 0 Å². The molecule has 0 aromatic rings. The lowest BCUT2D eigenvalue weighted by atomic mass is 10.2. The van der Waals surface area contributed by atoms with E-state index in [1.165, 1.54) is 0 Å². The predicted molar refractivity (Wildman–Crippen MR) is 39.8 cm³/mol. The van der Waals surface area contributed by atoms with Crippen LogP contribution >= 0.6 is 0 Å². The zero-order chi connectivity index (χ0) is 9.84. The molecule has 1 heterocycles. The number of cyclic esters (lactones) is 1. The van der Waals surface area contributed by atoms with Gasteiger partial charge in [-0.3, -0.25) is 14.4 Å². The summed E-state index contributed by atoms with van der Waals surface area (Å²) in [5.41, 5.74) is 0. The smallest absolute Gasteiger partial charge is 0.322 e. The highest BCUT2D eigenvalue weighted by atomic mass is 16.6. The molecule has 13 heavy (non-hydrogen) atoms. The maximum atomic E-state index is 11.0. The molecule has 2 N–H and O–H groups in total. The number of hydrogen-bond acceptors (Lipinski definition) is 4. The number of hydrogen-bond donors (Lipinski definition) is 2. The fourth-order valence-electron chi connectivity index (χ4n) is 0.987. The summed E-state index contributed by atoms with van der Waals surface area (Å²) in [7, 11) is 0. The molecule has 72 valence electrons. The van der Waals surface area contributed by atoms with Gasteiger partial charge in [0.15, 0.2) is 6.10 Å². The minimum atomic E-state index is -1.13. The van der Waals surface area contributed by atoms with Crippen LogP contribution in [0, 0.1) is 0 Å². The first-order valence-electron chi connectivity index (χ1n) is 3.78. The Balaban J connectivity index is 2.31. The van der Waals surface area contributed by atoms with Gasteiger partial charge in [0.25, 0.3) is 5.91 Å². The number of ether oxygens (including phenoxy) is 1. The highest BCUT2D eigenvalue weighted by Gasteiger charge is 2.29. The van der Waals surface area contributed by atoms with E-state index < -0.39 is 30.5 Å². The van der Waals surface area contributed by atoms with E-state index in [0.717, 1.165) is 0 Å². The Morgan fingerprint density at radius 1 is 1.62 bits per heavy atom. The zero-order valence-electron chi connectivity index (χ0n) is 6.78. The number of amides is 1. The summed E-state index contributed by atoms with van der Waals surface area (Å²) in [6.07, 6.45) is -0.276. The van der Waals surface area contributed by atoms with Gasteiger partial charge in [-0.1, -0.05) is 0 Å². The number of esters is 1. The molecular formula is C7H9NO5. The van der Waals surface area contributed by atoms with Crippen LogP contribution in [-0.2, 0) is 19.1 Å². The number of rotatable bonds is 3. The lowest BCUT2D eigenvalue weighted by Crippen LogP contribution is -2.37. The van der Waals surface area contributed by atoms with Gasteiger partial charge in [-0.25, -0.2) is 0 Å². The Bertz CT molecular complexity index is 249. The number of carbonyl (C=O) groups is 3. The Labute approximate surface area is 73.9 Å². The van der Waals surface area contributed by atoms with E-state index in [4.69, 9.17) is 5.11 Å². The van der Waals surface area contributed by atoms with Gasteiger partial charge < -0.3 is 15.2 Å². The van der Waals surface area contributed by atoms with Crippen molar-refractivity contribution in [2.75, 3.05) is 6.54 Å². The second-order valence-electron chi connectivity index (χ2n) is 2.63. The molecule has 6 heteroatoms. The molecule has 0 unspecified atom stereocenters. The van der Waals surface area contributed by atoms with Crippen LogP contribution < -0.4 is 5.32 Å². The Kier molecular flexibility index (Phi) is 2.84. The fraction of sp³-hybridized carbons (Fsp3) is 0.571. The molecule has 0 aromatic heterocycles. The van der Waals surface area contributed by atoms with Gasteiger partial charge in [0, 0.05) is 12.8 Å². The van der Waals surface area contributed by atoms with Gasteiger partial charge in [-0.05, 0) is 0 Å². The van der Waals surface area contributed by atoms with Crippen LogP contribution in [0.5, 0.6) is 0 Å². The van der Waals surface area contributed by atoms with Crippen molar-refractivity contribution in [1.29, 1.82) is 0 Å². The maximum absolute atomic E-state index is 11.0. The third-order valence-corrected chi connectivity index (χ3v) is 1.59. The monoisotopic (exact) mass is 187 g/mol. The van der Waals surface area contributed by atoms with E-state index in [1.54, 1.807) is 0 Å². The molecule has 1 saturated heterocycles. The molecular weight excluding hydrogens is 178 g/mol. The third kappa shape index (κ3) is 2.73. The van der Waals surface area contributed by atoms with E-state index in [2.05, 4.69) is 10.1 Å². The van der Waals surface area contributed by atoms with Gasteiger partial charge in [-0.2, -0.15) is 0 Å². The second kappa shape index (κ2) is 3.88. The van der Waals surface area contributed by atoms with Gasteiger partial charge in [0.2, 0.25) is 0 Å². The molecule has 6 nitrogen and oxygen atoms in total. The van der Waals surface area contributed by atoms with Crippen LogP contribution in [0.25, 0.3) is 0 Å². The number of aliphatic carboxylic acids is 1. The van der Waals surface area contributed by atoms with Crippen molar-refractivity contribution >= 4 is 17.8 Å². The molecule has 0 radical (unpaired) electrons. The van der Waals surface area contributed by atoms with Gasteiger partial charge in [-0.15, -0.1) is 0 Å². The quantitative estimate of drug-likeness (QED) is 0.546. The highest BCUT2D eigenvalue weighted by molar-refractivity contribution is 5.88. The van der Waals surface area contributed by atoms with Gasteiger partial charge in [0.1, 0.15) is 6.54 Å². The normalized spacial score (nSPS) is 20.9. The summed E-state index contributed by atoms with van der Waals surface area (Å²) in [6.45, 7) is -0.452. The van der Waals surface area contributed by atoms with E-state index >= 15 is 0 Å². The number of carbonyl (C=O) groups excluding carboxylic acids is 2. The van der Waals surface area contributed by atoms with Crippen LogP contribution in [0.3, 0.4) is 0 Å². The number of carboxylic acids is 1. The van der Waals surface area contributed by atoms with Crippen LogP contribution in [0.4, 0.5) is 0 Å². The van der Waals surface area contributed by atoms with Crippen molar-refractivity contribution in [3.05, 3.63) is 0 Å². The minimum Gasteiger partial charge on any atom is -0.480 e. The van der Waals surface area contributed by atoms with Crippen molar-refractivity contribution in [2.24, 2.45) is 0 Å². The molecule has 0 saturated carbocycles. The molecule has 1 atom stereocenters. The summed E-state index contributed by atoms with van der Waals surface area (Å²) in [5.74, 6) is -2.10. The third-order valence-electron chi connectivity index (χ3n) is 1.59. The Morgan fingerprint density at radius 3 is 2.77 bits per heavy atom. The molecule has 0 aliphatic carbocycles. The molecule has 1 fully saturated rings. The summed E-state index contributed by atoms with van der Waals surface area (Å²) < 4.78 is 4.61. The molecule has 1 aliphatic rings. The average molecular weight is 187 g/mol. The van der Waals surface area contributed by atoms with Gasteiger partial charge >= 0.3 is 11.9 Å². The lowest BCUT2D eigenvalue weighted by molar-refractivity contribution is -0.148. The van der Waals surface area contributed by atoms with E-state index in [1.807, 2.05) is 0 Å².